The largest absolute Gasteiger partial charge is 0.269 e. The van der Waals surface area contributed by atoms with Gasteiger partial charge in [0.25, 0.3) is 5.69 Å². The molecule has 0 radical (unpaired) electrons. The van der Waals surface area contributed by atoms with Crippen LogP contribution in [-0.2, 0) is 6.54 Å². The van der Waals surface area contributed by atoms with Crippen LogP contribution in [0.3, 0.4) is 0 Å². The van der Waals surface area contributed by atoms with Crippen molar-refractivity contribution in [2.45, 2.75) is 6.54 Å². The van der Waals surface area contributed by atoms with Gasteiger partial charge in [0.05, 0.1) is 4.92 Å². The molecule has 0 aliphatic rings. The van der Waals surface area contributed by atoms with Crippen molar-refractivity contribution in [1.82, 2.24) is 3.53 Å². The molecule has 64 valence electrons. The first kappa shape index (κ1) is 9.40. The Hall–Kier alpha value is -0.690. The molecule has 1 aromatic carbocycles. The Bertz CT molecular complexity index is 290. The van der Waals surface area contributed by atoms with Crippen LogP contribution in [0, 0.1) is 10.1 Å². The Morgan fingerprint density at radius 3 is 2.92 bits per heavy atom. The molecule has 0 aromatic heterocycles. The van der Waals surface area contributed by atoms with Gasteiger partial charge in [-0.1, -0.05) is 12.1 Å². The minimum absolute atomic E-state index is 0.138. The molecule has 0 fully saturated rings. The molecule has 0 heterocycles. The summed E-state index contributed by atoms with van der Waals surface area (Å²) in [6, 6.07) is 6.57. The smallest absolute Gasteiger partial charge is 0.258 e. The van der Waals surface area contributed by atoms with Crippen molar-refractivity contribution in [2.24, 2.45) is 0 Å². The number of halogens is 1. The molecule has 0 amide bonds. The summed E-state index contributed by atoms with van der Waals surface area (Å²) in [5.41, 5.74) is 1.05. The fourth-order valence-corrected chi connectivity index (χ4v) is 1.30. The maximum absolute atomic E-state index is 10.3. The van der Waals surface area contributed by atoms with Gasteiger partial charge in [0.15, 0.2) is 0 Å². The Morgan fingerprint density at radius 2 is 2.33 bits per heavy atom. The van der Waals surface area contributed by atoms with Gasteiger partial charge in [-0.25, -0.2) is 0 Å². The van der Waals surface area contributed by atoms with Crippen LogP contribution >= 0.6 is 22.9 Å². The van der Waals surface area contributed by atoms with Crippen LogP contribution in [0.15, 0.2) is 24.3 Å². The van der Waals surface area contributed by atoms with E-state index in [2.05, 4.69) is 3.53 Å². The lowest BCUT2D eigenvalue weighted by atomic mass is 10.2. The maximum atomic E-state index is 10.3. The lowest BCUT2D eigenvalue weighted by Crippen LogP contribution is -1.98. The first-order chi connectivity index (χ1) is 5.74. The highest BCUT2D eigenvalue weighted by atomic mass is 127. The number of nitrogens with one attached hydrogen (secondary N) is 1. The highest BCUT2D eigenvalue weighted by Crippen LogP contribution is 2.12. The van der Waals surface area contributed by atoms with Gasteiger partial charge >= 0.3 is 0 Å². The number of non-ortho nitro benzene ring substituents is 1. The molecule has 5 heteroatoms. The maximum Gasteiger partial charge on any atom is 0.269 e. The molecule has 0 atom stereocenters. The third kappa shape index (κ3) is 2.42. The SMILES string of the molecule is O=[N+]([O-])c1cccc(CNI)c1. The molecule has 0 unspecified atom stereocenters. The second-order valence-electron chi connectivity index (χ2n) is 2.24. The summed E-state index contributed by atoms with van der Waals surface area (Å²) in [7, 11) is 0. The highest BCUT2D eigenvalue weighted by Gasteiger charge is 2.04. The van der Waals surface area contributed by atoms with Crippen LogP contribution in [0.4, 0.5) is 5.69 Å². The van der Waals surface area contributed by atoms with Crippen molar-refractivity contribution in [3.8, 4) is 0 Å². The third-order valence-electron chi connectivity index (χ3n) is 1.39. The average molecular weight is 278 g/mol. The molecule has 1 aromatic rings. The summed E-state index contributed by atoms with van der Waals surface area (Å²) in [5, 5.41) is 10.3. The van der Waals surface area contributed by atoms with E-state index in [1.54, 1.807) is 12.1 Å². The highest BCUT2D eigenvalue weighted by molar-refractivity contribution is 14.1. The molecule has 0 bridgehead atoms. The summed E-state index contributed by atoms with van der Waals surface area (Å²) in [5.74, 6) is 0. The van der Waals surface area contributed by atoms with Crippen LogP contribution < -0.4 is 3.53 Å². The van der Waals surface area contributed by atoms with E-state index in [1.807, 2.05) is 28.9 Å². The van der Waals surface area contributed by atoms with E-state index < -0.39 is 4.92 Å². The normalized spacial score (nSPS) is 9.75. The van der Waals surface area contributed by atoms with Gasteiger partial charge in [-0.15, -0.1) is 0 Å². The summed E-state index contributed by atoms with van der Waals surface area (Å²) < 4.78 is 2.90. The topological polar surface area (TPSA) is 55.2 Å². The monoisotopic (exact) mass is 278 g/mol. The fraction of sp³-hybridized carbons (Fsp3) is 0.143. The number of benzene rings is 1. The first-order valence-electron chi connectivity index (χ1n) is 3.31. The number of nitrogens with zero attached hydrogens (tertiary/aromatic N) is 1. The number of hydrogen-bond donors (Lipinski definition) is 1. The van der Waals surface area contributed by atoms with Gasteiger partial charge in [-0.05, 0) is 5.56 Å². The van der Waals surface area contributed by atoms with E-state index in [1.165, 1.54) is 6.07 Å². The summed E-state index contributed by atoms with van der Waals surface area (Å²) in [4.78, 5) is 9.95. The molecule has 1 N–H and O–H groups in total. The van der Waals surface area contributed by atoms with Crippen molar-refractivity contribution in [2.75, 3.05) is 0 Å². The minimum atomic E-state index is -0.392. The van der Waals surface area contributed by atoms with E-state index in [0.29, 0.717) is 6.54 Å². The molecule has 0 saturated carbocycles. The van der Waals surface area contributed by atoms with E-state index in [0.717, 1.165) is 5.56 Å². The molecule has 0 aliphatic heterocycles. The number of nitro benzene ring substituents is 1. The number of nitro groups is 1. The standard InChI is InChI=1S/C7H7IN2O2/c8-9-5-6-2-1-3-7(4-6)10(11)12/h1-4,9H,5H2. The molecule has 12 heavy (non-hydrogen) atoms. The first-order valence-corrected chi connectivity index (χ1v) is 4.38. The molecule has 0 aliphatic carbocycles. The van der Waals surface area contributed by atoms with Crippen LogP contribution in [0.25, 0.3) is 0 Å². The van der Waals surface area contributed by atoms with Crippen LogP contribution in [0.1, 0.15) is 5.56 Å². The lowest BCUT2D eigenvalue weighted by molar-refractivity contribution is -0.384. The van der Waals surface area contributed by atoms with Gasteiger partial charge in [-0.2, -0.15) is 0 Å². The van der Waals surface area contributed by atoms with Gasteiger partial charge in [0.2, 0.25) is 0 Å². The second-order valence-corrected chi connectivity index (χ2v) is 3.00. The predicted molar refractivity (Wildman–Crippen MR) is 54.0 cm³/mol. The summed E-state index contributed by atoms with van der Waals surface area (Å²) in [6.07, 6.45) is 0. The summed E-state index contributed by atoms with van der Waals surface area (Å²) in [6.45, 7) is 0.641. The number of rotatable bonds is 3. The molecular weight excluding hydrogens is 271 g/mol. The minimum Gasteiger partial charge on any atom is -0.258 e. The van der Waals surface area contributed by atoms with E-state index in [4.69, 9.17) is 0 Å². The Morgan fingerprint density at radius 1 is 1.58 bits per heavy atom. The van der Waals surface area contributed by atoms with Crippen molar-refractivity contribution in [3.05, 3.63) is 39.9 Å². The summed E-state index contributed by atoms with van der Waals surface area (Å²) >= 11 is 2.00. The molecule has 4 nitrogen and oxygen atoms in total. The fourth-order valence-electron chi connectivity index (χ4n) is 0.857. The molecular formula is C7H7IN2O2. The van der Waals surface area contributed by atoms with Gasteiger partial charge in [-0.3, -0.25) is 13.6 Å². The van der Waals surface area contributed by atoms with Crippen molar-refractivity contribution in [1.29, 1.82) is 0 Å². The van der Waals surface area contributed by atoms with Gasteiger partial charge < -0.3 is 0 Å². The molecule has 1 rings (SSSR count). The third-order valence-corrected chi connectivity index (χ3v) is 1.77. The Labute approximate surface area is 83.6 Å². The molecule has 0 spiro atoms. The number of hydrogen-bond acceptors (Lipinski definition) is 3. The van der Waals surface area contributed by atoms with Crippen LogP contribution in [0.2, 0.25) is 0 Å². The zero-order valence-corrected chi connectivity index (χ0v) is 8.32. The van der Waals surface area contributed by atoms with E-state index in [9.17, 15) is 10.1 Å². The average Bonchev–Trinajstić information content (AvgIpc) is 2.05. The molecule has 0 saturated heterocycles. The van der Waals surface area contributed by atoms with E-state index >= 15 is 0 Å². The zero-order valence-electron chi connectivity index (χ0n) is 6.16. The van der Waals surface area contributed by atoms with Gasteiger partial charge in [0.1, 0.15) is 0 Å². The van der Waals surface area contributed by atoms with Crippen molar-refractivity contribution < 1.29 is 4.92 Å². The Kier molecular flexibility index (Phi) is 3.42. The van der Waals surface area contributed by atoms with Crippen LogP contribution in [0.5, 0.6) is 0 Å². The van der Waals surface area contributed by atoms with Crippen molar-refractivity contribution in [3.63, 3.8) is 0 Å². The Balaban J connectivity index is 2.88. The van der Waals surface area contributed by atoms with Gasteiger partial charge in [0, 0.05) is 41.5 Å². The van der Waals surface area contributed by atoms with Crippen LogP contribution in [-0.4, -0.2) is 4.92 Å². The lowest BCUT2D eigenvalue weighted by Gasteiger charge is -1.97. The zero-order chi connectivity index (χ0) is 8.97. The van der Waals surface area contributed by atoms with Crippen molar-refractivity contribution >= 4 is 28.6 Å². The predicted octanol–water partition coefficient (Wildman–Crippen LogP) is 2.03. The van der Waals surface area contributed by atoms with E-state index in [-0.39, 0.29) is 5.69 Å². The second kappa shape index (κ2) is 4.36. The quantitative estimate of drug-likeness (QED) is 0.398.